The number of nitrogens with one attached hydrogen (secondary N) is 1. The van der Waals surface area contributed by atoms with Gasteiger partial charge in [0.25, 0.3) is 5.91 Å². The normalized spacial score (nSPS) is 25.0. The topological polar surface area (TPSA) is 116 Å². The number of fused-ring (bicyclic) bond motifs is 1. The van der Waals surface area contributed by atoms with E-state index in [-0.39, 0.29) is 36.1 Å². The van der Waals surface area contributed by atoms with E-state index >= 15 is 0 Å². The van der Waals surface area contributed by atoms with Crippen LogP contribution in [0.1, 0.15) is 47.2 Å². The number of nitrogens with two attached hydrogens (primary N) is 1. The lowest BCUT2D eigenvalue weighted by molar-refractivity contribution is -0.142. The first-order chi connectivity index (χ1) is 15.4. The Bertz CT molecular complexity index is 965. The number of hydrogen-bond donors (Lipinski definition) is 2. The number of carbonyl (C=O) groups excluding carboxylic acids is 4. The van der Waals surface area contributed by atoms with E-state index in [9.17, 15) is 19.2 Å². The Morgan fingerprint density at radius 1 is 1.09 bits per heavy atom. The quantitative estimate of drug-likeness (QED) is 0.630. The molecule has 3 fully saturated rings. The molecule has 1 aromatic rings. The molecular weight excluding hydrogens is 410 g/mol. The molecule has 1 unspecified atom stereocenters. The maximum Gasteiger partial charge on any atom is 0.255 e. The van der Waals surface area contributed by atoms with Gasteiger partial charge in [-0.2, -0.15) is 0 Å². The van der Waals surface area contributed by atoms with Gasteiger partial charge in [0.2, 0.25) is 17.7 Å². The molecule has 0 radical (unpaired) electrons. The average Bonchev–Trinajstić information content (AvgIpc) is 3.08. The van der Waals surface area contributed by atoms with E-state index < -0.39 is 11.9 Å². The summed E-state index contributed by atoms with van der Waals surface area (Å²) in [4.78, 5) is 55.2. The number of nitrogens with zero attached hydrogens (tertiary/aromatic N) is 3. The van der Waals surface area contributed by atoms with Crippen LogP contribution in [0.25, 0.3) is 0 Å². The van der Waals surface area contributed by atoms with Gasteiger partial charge in [0.15, 0.2) is 0 Å². The number of rotatable bonds is 4. The second kappa shape index (κ2) is 8.29. The Balaban J connectivity index is 1.21. The Hall–Kier alpha value is -2.78. The van der Waals surface area contributed by atoms with E-state index in [1.807, 2.05) is 17.0 Å². The lowest BCUT2D eigenvalue weighted by Gasteiger charge is -2.42. The van der Waals surface area contributed by atoms with Gasteiger partial charge in [-0.05, 0) is 36.5 Å². The smallest absolute Gasteiger partial charge is 0.255 e. The Morgan fingerprint density at radius 2 is 1.84 bits per heavy atom. The van der Waals surface area contributed by atoms with Gasteiger partial charge in [0, 0.05) is 57.3 Å². The second-order valence-corrected chi connectivity index (χ2v) is 9.40. The van der Waals surface area contributed by atoms with Crippen LogP contribution >= 0.6 is 0 Å². The minimum Gasteiger partial charge on any atom is -0.342 e. The van der Waals surface area contributed by atoms with Gasteiger partial charge < -0.3 is 15.5 Å². The van der Waals surface area contributed by atoms with Crippen molar-refractivity contribution in [1.82, 2.24) is 20.0 Å². The van der Waals surface area contributed by atoms with Crippen molar-refractivity contribution in [3.63, 3.8) is 0 Å². The van der Waals surface area contributed by atoms with Gasteiger partial charge >= 0.3 is 0 Å². The molecule has 4 heterocycles. The molecule has 9 nitrogen and oxygen atoms in total. The van der Waals surface area contributed by atoms with Crippen LogP contribution in [0.2, 0.25) is 0 Å². The van der Waals surface area contributed by atoms with Crippen molar-refractivity contribution in [3.05, 3.63) is 34.9 Å². The van der Waals surface area contributed by atoms with Crippen LogP contribution in [0, 0.1) is 5.92 Å². The van der Waals surface area contributed by atoms with Crippen molar-refractivity contribution in [2.24, 2.45) is 11.7 Å². The van der Waals surface area contributed by atoms with Gasteiger partial charge in [0.05, 0.1) is 5.92 Å². The first-order valence-corrected chi connectivity index (χ1v) is 11.4. The summed E-state index contributed by atoms with van der Waals surface area (Å²) in [6.07, 6.45) is 2.35. The standard InChI is InChI=1S/C23H29N5O4/c24-16-6-8-27(9-7-16)22(31)15-11-26(12-15)10-14-2-1-3-17-18(14)13-28(23(17)32)19-4-5-20(29)25-21(19)30/h1-3,15-16,19H,4-13,24H2,(H,25,29,30). The van der Waals surface area contributed by atoms with Gasteiger partial charge in [-0.15, -0.1) is 0 Å². The Labute approximate surface area is 186 Å². The number of carbonyl (C=O) groups is 4. The largest absolute Gasteiger partial charge is 0.342 e. The third kappa shape index (κ3) is 3.80. The van der Waals surface area contributed by atoms with E-state index in [2.05, 4.69) is 10.2 Å². The molecule has 0 aliphatic carbocycles. The van der Waals surface area contributed by atoms with Crippen molar-refractivity contribution in [3.8, 4) is 0 Å². The average molecular weight is 440 g/mol. The Kier molecular flexibility index (Phi) is 5.46. The molecule has 32 heavy (non-hydrogen) atoms. The summed E-state index contributed by atoms with van der Waals surface area (Å²) in [5, 5.41) is 2.34. The lowest BCUT2D eigenvalue weighted by Crippen LogP contribution is -2.55. The van der Waals surface area contributed by atoms with E-state index in [1.54, 1.807) is 11.0 Å². The molecule has 9 heteroatoms. The van der Waals surface area contributed by atoms with Crippen LogP contribution in [0.3, 0.4) is 0 Å². The summed E-state index contributed by atoms with van der Waals surface area (Å²) in [5.41, 5.74) is 8.57. The minimum absolute atomic E-state index is 0.0303. The summed E-state index contributed by atoms with van der Waals surface area (Å²) < 4.78 is 0. The fourth-order valence-corrected chi connectivity index (χ4v) is 5.27. The number of benzene rings is 1. The van der Waals surface area contributed by atoms with Crippen molar-refractivity contribution in [1.29, 1.82) is 0 Å². The number of imide groups is 1. The summed E-state index contributed by atoms with van der Waals surface area (Å²) in [5.74, 6) is -0.582. The zero-order valence-corrected chi connectivity index (χ0v) is 18.1. The van der Waals surface area contributed by atoms with Crippen LogP contribution < -0.4 is 11.1 Å². The zero-order chi connectivity index (χ0) is 22.4. The molecule has 5 rings (SSSR count). The van der Waals surface area contributed by atoms with Crippen molar-refractivity contribution < 1.29 is 19.2 Å². The monoisotopic (exact) mass is 439 g/mol. The summed E-state index contributed by atoms with van der Waals surface area (Å²) in [6.45, 7) is 3.99. The van der Waals surface area contributed by atoms with E-state index in [1.165, 1.54) is 0 Å². The molecule has 4 amide bonds. The van der Waals surface area contributed by atoms with Crippen LogP contribution in [-0.4, -0.2) is 76.6 Å². The summed E-state index contributed by atoms with van der Waals surface area (Å²) in [7, 11) is 0. The van der Waals surface area contributed by atoms with Gasteiger partial charge in [-0.1, -0.05) is 12.1 Å². The van der Waals surface area contributed by atoms with E-state index in [0.29, 0.717) is 25.1 Å². The predicted octanol–water partition coefficient (Wildman–Crippen LogP) is -0.171. The second-order valence-electron chi connectivity index (χ2n) is 9.40. The maximum atomic E-state index is 13.0. The third-order valence-electron chi connectivity index (χ3n) is 7.23. The molecule has 3 N–H and O–H groups in total. The number of piperidine rings is 2. The van der Waals surface area contributed by atoms with Crippen LogP contribution in [-0.2, 0) is 27.5 Å². The molecule has 0 bridgehead atoms. The van der Waals surface area contributed by atoms with Gasteiger partial charge in [-0.25, -0.2) is 0 Å². The third-order valence-corrected chi connectivity index (χ3v) is 7.23. The zero-order valence-electron chi connectivity index (χ0n) is 18.1. The lowest BCUT2D eigenvalue weighted by atomic mass is 9.94. The first-order valence-electron chi connectivity index (χ1n) is 11.4. The highest BCUT2D eigenvalue weighted by Crippen LogP contribution is 2.32. The number of likely N-dealkylation sites (tertiary alicyclic amines) is 2. The number of hydrogen-bond acceptors (Lipinski definition) is 6. The fraction of sp³-hybridized carbons (Fsp3) is 0.565. The van der Waals surface area contributed by atoms with Crippen LogP contribution in [0.5, 0.6) is 0 Å². The summed E-state index contributed by atoms with van der Waals surface area (Å²) >= 11 is 0. The highest BCUT2D eigenvalue weighted by Gasteiger charge is 2.41. The fourth-order valence-electron chi connectivity index (χ4n) is 5.27. The molecule has 1 aromatic carbocycles. The number of amides is 4. The van der Waals surface area contributed by atoms with Crippen molar-refractivity contribution in [2.75, 3.05) is 26.2 Å². The predicted molar refractivity (Wildman–Crippen MR) is 115 cm³/mol. The summed E-state index contributed by atoms with van der Waals surface area (Å²) in [6, 6.07) is 5.29. The molecule has 4 aliphatic heterocycles. The highest BCUT2D eigenvalue weighted by molar-refractivity contribution is 6.05. The molecule has 0 spiro atoms. The highest BCUT2D eigenvalue weighted by atomic mass is 16.2. The van der Waals surface area contributed by atoms with E-state index in [0.717, 1.165) is 50.1 Å². The molecule has 170 valence electrons. The van der Waals surface area contributed by atoms with E-state index in [4.69, 9.17) is 5.73 Å². The Morgan fingerprint density at radius 3 is 2.56 bits per heavy atom. The van der Waals surface area contributed by atoms with Crippen molar-refractivity contribution >= 4 is 23.6 Å². The molecule has 0 aromatic heterocycles. The molecule has 4 aliphatic rings. The van der Waals surface area contributed by atoms with Gasteiger partial charge in [0.1, 0.15) is 6.04 Å². The minimum atomic E-state index is -0.607. The maximum absolute atomic E-state index is 13.0. The van der Waals surface area contributed by atoms with Gasteiger partial charge in [-0.3, -0.25) is 29.4 Å². The SMILES string of the molecule is NC1CCN(C(=O)C2CN(Cc3cccc4c3CN(C3CCC(=O)NC3=O)C4=O)C2)CC1. The van der Waals surface area contributed by atoms with Crippen LogP contribution in [0.15, 0.2) is 18.2 Å². The molecule has 1 atom stereocenters. The first kappa shape index (κ1) is 21.1. The molecule has 0 saturated carbocycles. The molecular formula is C23H29N5O4. The molecule has 3 saturated heterocycles. The van der Waals surface area contributed by atoms with Crippen LogP contribution in [0.4, 0.5) is 0 Å². The van der Waals surface area contributed by atoms with Crippen molar-refractivity contribution in [2.45, 2.75) is 50.9 Å².